The number of carbonyl (C=O) groups is 1. The molecule has 0 saturated heterocycles. The maximum atomic E-state index is 12.9. The number of benzene rings is 2. The molecule has 0 heterocycles. The number of nitro benzene ring substituents is 1. The fraction of sp³-hybridized carbons (Fsp3) is 0.133. The minimum atomic E-state index is -4.15. The van der Waals surface area contributed by atoms with E-state index < -0.39 is 39.2 Å². The van der Waals surface area contributed by atoms with Crippen LogP contribution >= 0.6 is 0 Å². The zero-order valence-corrected chi connectivity index (χ0v) is 13.4. The van der Waals surface area contributed by atoms with Gasteiger partial charge in [-0.05, 0) is 29.8 Å². The Bertz CT molecular complexity index is 898. The van der Waals surface area contributed by atoms with Crippen molar-refractivity contribution in [1.29, 1.82) is 0 Å². The van der Waals surface area contributed by atoms with Crippen LogP contribution in [0.5, 0.6) is 0 Å². The zero-order valence-electron chi connectivity index (χ0n) is 12.6. The van der Waals surface area contributed by atoms with Crippen molar-refractivity contribution in [2.75, 3.05) is 0 Å². The molecule has 0 radical (unpaired) electrons. The van der Waals surface area contributed by atoms with Crippen LogP contribution in [-0.2, 0) is 14.8 Å². The highest BCUT2D eigenvalue weighted by Crippen LogP contribution is 2.24. The number of carboxylic acids is 1. The molecule has 1 atom stereocenters. The van der Waals surface area contributed by atoms with Gasteiger partial charge >= 0.3 is 5.97 Å². The van der Waals surface area contributed by atoms with Crippen LogP contribution in [-0.4, -0.2) is 24.4 Å². The molecular weight excluding hydrogens is 355 g/mol. The minimum Gasteiger partial charge on any atom is -0.481 e. The maximum absolute atomic E-state index is 12.9. The van der Waals surface area contributed by atoms with Crippen LogP contribution in [0.3, 0.4) is 0 Å². The van der Waals surface area contributed by atoms with Gasteiger partial charge in [-0.1, -0.05) is 12.1 Å². The molecular formula is C15H13FN2O6S. The van der Waals surface area contributed by atoms with E-state index in [-0.39, 0.29) is 16.1 Å². The van der Waals surface area contributed by atoms with Gasteiger partial charge in [0.1, 0.15) is 5.82 Å². The van der Waals surface area contributed by atoms with E-state index in [4.69, 9.17) is 5.11 Å². The third-order valence-electron chi connectivity index (χ3n) is 3.28. The maximum Gasteiger partial charge on any atom is 0.305 e. The minimum absolute atomic E-state index is 0.127. The van der Waals surface area contributed by atoms with Gasteiger partial charge in [-0.25, -0.2) is 17.5 Å². The molecule has 0 spiro atoms. The van der Waals surface area contributed by atoms with Crippen molar-refractivity contribution in [3.05, 3.63) is 70.0 Å². The van der Waals surface area contributed by atoms with Gasteiger partial charge in [-0.3, -0.25) is 14.9 Å². The van der Waals surface area contributed by atoms with Gasteiger partial charge in [0, 0.05) is 12.1 Å². The van der Waals surface area contributed by atoms with E-state index >= 15 is 0 Å². The highest BCUT2D eigenvalue weighted by atomic mass is 32.2. The summed E-state index contributed by atoms with van der Waals surface area (Å²) in [5.41, 5.74) is -0.170. The van der Waals surface area contributed by atoms with Crippen LogP contribution in [0.4, 0.5) is 10.1 Å². The number of hydrogen-bond acceptors (Lipinski definition) is 5. The molecule has 8 nitrogen and oxygen atoms in total. The van der Waals surface area contributed by atoms with E-state index in [0.717, 1.165) is 30.3 Å². The molecule has 0 bridgehead atoms. The smallest absolute Gasteiger partial charge is 0.305 e. The van der Waals surface area contributed by atoms with Gasteiger partial charge in [0.05, 0.1) is 22.3 Å². The predicted molar refractivity (Wildman–Crippen MR) is 84.8 cm³/mol. The van der Waals surface area contributed by atoms with Gasteiger partial charge in [0.25, 0.3) is 5.69 Å². The SMILES string of the molecule is O=C(O)C[C@H](NS(=O)(=O)c1ccc(F)cc1)c1cccc([N+](=O)[O-])c1. The molecule has 0 aliphatic heterocycles. The molecule has 0 fully saturated rings. The number of halogens is 1. The average Bonchev–Trinajstić information content (AvgIpc) is 2.54. The van der Waals surface area contributed by atoms with E-state index in [1.165, 1.54) is 18.2 Å². The summed E-state index contributed by atoms with van der Waals surface area (Å²) in [6.45, 7) is 0. The Morgan fingerprint density at radius 3 is 2.44 bits per heavy atom. The van der Waals surface area contributed by atoms with Gasteiger partial charge in [0.2, 0.25) is 10.0 Å². The van der Waals surface area contributed by atoms with Gasteiger partial charge in [0.15, 0.2) is 0 Å². The number of carboxylic acid groups (broad SMARTS) is 1. The number of non-ortho nitro benzene ring substituents is 1. The first-order chi connectivity index (χ1) is 11.7. The summed E-state index contributed by atoms with van der Waals surface area (Å²) < 4.78 is 39.9. The lowest BCUT2D eigenvalue weighted by Crippen LogP contribution is -2.30. The lowest BCUT2D eigenvalue weighted by Gasteiger charge is -2.17. The highest BCUT2D eigenvalue weighted by Gasteiger charge is 2.25. The van der Waals surface area contributed by atoms with E-state index in [1.807, 2.05) is 0 Å². The Morgan fingerprint density at radius 1 is 1.24 bits per heavy atom. The van der Waals surface area contributed by atoms with Crippen molar-refractivity contribution in [2.24, 2.45) is 0 Å². The molecule has 0 aliphatic rings. The Hall–Kier alpha value is -2.85. The number of nitrogens with zero attached hydrogens (tertiary/aromatic N) is 1. The first-order valence-corrected chi connectivity index (χ1v) is 8.41. The topological polar surface area (TPSA) is 127 Å². The number of rotatable bonds is 7. The van der Waals surface area contributed by atoms with E-state index in [0.29, 0.717) is 0 Å². The van der Waals surface area contributed by atoms with Crippen LogP contribution in [0, 0.1) is 15.9 Å². The lowest BCUT2D eigenvalue weighted by atomic mass is 10.0. The Labute approximate surface area is 142 Å². The molecule has 132 valence electrons. The second-order valence-corrected chi connectivity index (χ2v) is 6.79. The normalized spacial score (nSPS) is 12.5. The molecule has 0 amide bonds. The van der Waals surface area contributed by atoms with E-state index in [1.54, 1.807) is 0 Å². The Kier molecular flexibility index (Phi) is 5.45. The molecule has 2 aromatic carbocycles. The first kappa shape index (κ1) is 18.5. The van der Waals surface area contributed by atoms with Crippen molar-refractivity contribution in [3.8, 4) is 0 Å². The third-order valence-corrected chi connectivity index (χ3v) is 4.77. The van der Waals surface area contributed by atoms with E-state index in [9.17, 15) is 27.7 Å². The second-order valence-electron chi connectivity index (χ2n) is 5.08. The Morgan fingerprint density at radius 2 is 1.88 bits per heavy atom. The monoisotopic (exact) mass is 368 g/mol. The number of sulfonamides is 1. The molecule has 2 aromatic rings. The van der Waals surface area contributed by atoms with Crippen molar-refractivity contribution in [3.63, 3.8) is 0 Å². The summed E-state index contributed by atoms with van der Waals surface area (Å²) in [5, 5.41) is 19.9. The molecule has 10 heteroatoms. The van der Waals surface area contributed by atoms with Crippen molar-refractivity contribution in [2.45, 2.75) is 17.4 Å². The molecule has 0 aliphatic carbocycles. The number of hydrogen-bond donors (Lipinski definition) is 2. The largest absolute Gasteiger partial charge is 0.481 e. The fourth-order valence-corrected chi connectivity index (χ4v) is 3.35. The molecule has 0 aromatic heterocycles. The lowest BCUT2D eigenvalue weighted by molar-refractivity contribution is -0.384. The second kappa shape index (κ2) is 7.36. The number of nitrogens with one attached hydrogen (secondary N) is 1. The van der Waals surface area contributed by atoms with Gasteiger partial charge in [-0.15, -0.1) is 0 Å². The van der Waals surface area contributed by atoms with Crippen molar-refractivity contribution in [1.82, 2.24) is 4.72 Å². The first-order valence-electron chi connectivity index (χ1n) is 6.93. The number of nitro groups is 1. The van der Waals surface area contributed by atoms with Crippen molar-refractivity contribution >= 4 is 21.7 Å². The van der Waals surface area contributed by atoms with Gasteiger partial charge in [-0.2, -0.15) is 0 Å². The standard InChI is InChI=1S/C15H13FN2O6S/c16-11-4-6-13(7-5-11)25(23,24)17-14(9-15(19)20)10-2-1-3-12(8-10)18(21)22/h1-8,14,17H,9H2,(H,19,20)/t14-/m0/s1. The van der Waals surface area contributed by atoms with Gasteiger partial charge < -0.3 is 5.11 Å². The van der Waals surface area contributed by atoms with E-state index in [2.05, 4.69) is 4.72 Å². The molecule has 2 N–H and O–H groups in total. The summed E-state index contributed by atoms with van der Waals surface area (Å²) in [5.74, 6) is -1.92. The molecule has 0 unspecified atom stereocenters. The predicted octanol–water partition coefficient (Wildman–Crippen LogP) is 2.23. The van der Waals surface area contributed by atoms with Crippen LogP contribution < -0.4 is 4.72 Å². The summed E-state index contributed by atoms with van der Waals surface area (Å²) in [4.78, 5) is 21.0. The Balaban J connectivity index is 2.38. The quantitative estimate of drug-likeness (QED) is 0.570. The van der Waals surface area contributed by atoms with Crippen molar-refractivity contribution < 1.29 is 27.6 Å². The van der Waals surface area contributed by atoms with Crippen LogP contribution in [0.2, 0.25) is 0 Å². The highest BCUT2D eigenvalue weighted by molar-refractivity contribution is 7.89. The summed E-state index contributed by atoms with van der Waals surface area (Å²) in [6.07, 6.45) is -0.623. The fourth-order valence-electron chi connectivity index (χ4n) is 2.13. The zero-order chi connectivity index (χ0) is 18.6. The summed E-state index contributed by atoms with van der Waals surface area (Å²) in [7, 11) is -4.15. The summed E-state index contributed by atoms with van der Waals surface area (Å²) in [6, 6.07) is 7.75. The van der Waals surface area contributed by atoms with Crippen LogP contribution in [0.1, 0.15) is 18.0 Å². The van der Waals surface area contributed by atoms with Crippen LogP contribution in [0.15, 0.2) is 53.4 Å². The average molecular weight is 368 g/mol. The van der Waals surface area contributed by atoms with Crippen LogP contribution in [0.25, 0.3) is 0 Å². The molecule has 0 saturated carbocycles. The summed E-state index contributed by atoms with van der Waals surface area (Å²) >= 11 is 0. The third kappa shape index (κ3) is 4.81. The number of aliphatic carboxylic acids is 1. The molecule has 2 rings (SSSR count). The molecule has 25 heavy (non-hydrogen) atoms.